The fourth-order valence-corrected chi connectivity index (χ4v) is 4.28. The number of amides is 2. The van der Waals surface area contributed by atoms with E-state index in [1.165, 1.54) is 0 Å². The van der Waals surface area contributed by atoms with E-state index in [1.807, 2.05) is 42.5 Å². The second kappa shape index (κ2) is 10.8. The summed E-state index contributed by atoms with van der Waals surface area (Å²) in [5.74, 6) is -2.04. The van der Waals surface area contributed by atoms with Gasteiger partial charge in [0.25, 0.3) is 0 Å². The first-order chi connectivity index (χ1) is 16.9. The van der Waals surface area contributed by atoms with Crippen LogP contribution in [0.2, 0.25) is 0 Å². The van der Waals surface area contributed by atoms with E-state index in [4.69, 9.17) is 9.84 Å². The Bertz CT molecular complexity index is 1170. The predicted octanol–water partition coefficient (Wildman–Crippen LogP) is 3.22. The summed E-state index contributed by atoms with van der Waals surface area (Å²) < 4.78 is 5.60. The average molecular weight is 475 g/mol. The standard InChI is InChI=1S/C27H26N2O6/c30-24(26(32)33)15-28-25(31)14-23(17-8-2-1-3-9-17)29-27(34)35-16-22-20-12-6-4-10-18(20)19-11-5-7-13-21(19)22/h1-13,22-24,30H,14-16H2,(H,28,31)(H,29,34)(H,32,33). The zero-order valence-electron chi connectivity index (χ0n) is 18.9. The van der Waals surface area contributed by atoms with Crippen molar-refractivity contribution in [2.75, 3.05) is 13.2 Å². The van der Waals surface area contributed by atoms with E-state index in [2.05, 4.69) is 22.8 Å². The molecule has 0 heterocycles. The smallest absolute Gasteiger partial charge is 0.407 e. The third kappa shape index (κ3) is 5.67. The summed E-state index contributed by atoms with van der Waals surface area (Å²) in [6.45, 7) is -0.293. The van der Waals surface area contributed by atoms with E-state index in [1.54, 1.807) is 24.3 Å². The number of fused-ring (bicyclic) bond motifs is 3. The lowest BCUT2D eigenvalue weighted by Crippen LogP contribution is -2.39. The number of hydrogen-bond acceptors (Lipinski definition) is 5. The highest BCUT2D eigenvalue weighted by atomic mass is 16.5. The van der Waals surface area contributed by atoms with Gasteiger partial charge in [0.05, 0.1) is 19.0 Å². The Morgan fingerprint density at radius 2 is 1.43 bits per heavy atom. The summed E-state index contributed by atoms with van der Waals surface area (Å²) in [5.41, 5.74) is 5.13. The fourth-order valence-electron chi connectivity index (χ4n) is 4.28. The monoisotopic (exact) mass is 474 g/mol. The first kappa shape index (κ1) is 24.0. The molecular weight excluding hydrogens is 448 g/mol. The zero-order valence-corrected chi connectivity index (χ0v) is 18.9. The number of aliphatic hydroxyl groups excluding tert-OH is 1. The summed E-state index contributed by atoms with van der Waals surface area (Å²) >= 11 is 0. The van der Waals surface area contributed by atoms with Crippen molar-refractivity contribution in [2.24, 2.45) is 0 Å². The number of benzene rings is 3. The molecule has 1 aliphatic rings. The molecule has 1 aliphatic carbocycles. The van der Waals surface area contributed by atoms with Crippen molar-refractivity contribution in [3.63, 3.8) is 0 Å². The number of ether oxygens (including phenoxy) is 1. The van der Waals surface area contributed by atoms with Crippen molar-refractivity contribution in [3.05, 3.63) is 95.6 Å². The van der Waals surface area contributed by atoms with E-state index in [0.717, 1.165) is 22.3 Å². The van der Waals surface area contributed by atoms with Crippen molar-refractivity contribution in [2.45, 2.75) is 24.5 Å². The Kier molecular flexibility index (Phi) is 7.42. The van der Waals surface area contributed by atoms with Crippen molar-refractivity contribution >= 4 is 18.0 Å². The molecule has 0 fully saturated rings. The maximum atomic E-state index is 12.8. The summed E-state index contributed by atoms with van der Waals surface area (Å²) in [6, 6.07) is 24.3. The first-order valence-electron chi connectivity index (χ1n) is 11.3. The third-order valence-corrected chi connectivity index (χ3v) is 6.00. The lowest BCUT2D eigenvalue weighted by atomic mass is 9.98. The Morgan fingerprint density at radius 3 is 2.03 bits per heavy atom. The molecule has 8 nitrogen and oxygen atoms in total. The van der Waals surface area contributed by atoms with Crippen LogP contribution in [0.1, 0.15) is 35.1 Å². The molecule has 0 radical (unpaired) electrons. The molecule has 2 atom stereocenters. The molecule has 0 spiro atoms. The SMILES string of the molecule is O=C(CC(NC(=O)OCC1c2ccccc2-c2ccccc21)c1ccccc1)NCC(O)C(=O)O. The van der Waals surface area contributed by atoms with Gasteiger partial charge in [0.15, 0.2) is 6.10 Å². The number of nitrogens with one attached hydrogen (secondary N) is 2. The Balaban J connectivity index is 1.41. The van der Waals surface area contributed by atoms with Gasteiger partial charge in [-0.05, 0) is 27.8 Å². The molecule has 180 valence electrons. The largest absolute Gasteiger partial charge is 0.479 e. The normalized spacial score (nSPS) is 13.7. The number of alkyl carbamates (subject to hydrolysis) is 1. The lowest BCUT2D eigenvalue weighted by Gasteiger charge is -2.20. The van der Waals surface area contributed by atoms with Crippen LogP contribution in [-0.4, -0.2) is 47.4 Å². The van der Waals surface area contributed by atoms with Crippen LogP contribution in [0.15, 0.2) is 78.9 Å². The molecule has 2 amide bonds. The summed E-state index contributed by atoms with van der Waals surface area (Å²) in [5, 5.41) is 23.3. The molecule has 8 heteroatoms. The minimum atomic E-state index is -1.70. The van der Waals surface area contributed by atoms with Crippen LogP contribution in [0.4, 0.5) is 4.79 Å². The van der Waals surface area contributed by atoms with Gasteiger partial charge in [-0.15, -0.1) is 0 Å². The van der Waals surface area contributed by atoms with E-state index < -0.39 is 36.7 Å². The van der Waals surface area contributed by atoms with Crippen LogP contribution in [0.25, 0.3) is 11.1 Å². The number of carboxylic acid groups (broad SMARTS) is 1. The van der Waals surface area contributed by atoms with Gasteiger partial charge in [0.2, 0.25) is 5.91 Å². The number of aliphatic carboxylic acids is 1. The fraction of sp³-hybridized carbons (Fsp3) is 0.222. The van der Waals surface area contributed by atoms with Crippen molar-refractivity contribution in [1.29, 1.82) is 0 Å². The zero-order chi connectivity index (χ0) is 24.8. The van der Waals surface area contributed by atoms with Gasteiger partial charge in [-0.2, -0.15) is 0 Å². The number of carboxylic acids is 1. The highest BCUT2D eigenvalue weighted by Gasteiger charge is 2.29. The molecule has 3 aromatic carbocycles. The average Bonchev–Trinajstić information content (AvgIpc) is 3.19. The molecule has 2 unspecified atom stereocenters. The highest BCUT2D eigenvalue weighted by molar-refractivity contribution is 5.80. The van der Waals surface area contributed by atoms with Crippen molar-refractivity contribution in [1.82, 2.24) is 10.6 Å². The van der Waals surface area contributed by atoms with Crippen LogP contribution in [-0.2, 0) is 14.3 Å². The number of hydrogen-bond donors (Lipinski definition) is 4. The topological polar surface area (TPSA) is 125 Å². The molecular formula is C27H26N2O6. The number of rotatable bonds is 9. The number of carbonyl (C=O) groups excluding carboxylic acids is 2. The molecule has 0 saturated heterocycles. The van der Waals surface area contributed by atoms with Crippen molar-refractivity contribution < 1.29 is 29.3 Å². The van der Waals surface area contributed by atoms with E-state index in [9.17, 15) is 19.5 Å². The molecule has 4 N–H and O–H groups in total. The van der Waals surface area contributed by atoms with Crippen LogP contribution in [0, 0.1) is 0 Å². The maximum absolute atomic E-state index is 12.8. The van der Waals surface area contributed by atoms with Gasteiger partial charge >= 0.3 is 12.1 Å². The van der Waals surface area contributed by atoms with Gasteiger partial charge in [0.1, 0.15) is 6.61 Å². The second-order valence-corrected chi connectivity index (χ2v) is 8.30. The second-order valence-electron chi connectivity index (χ2n) is 8.30. The summed E-state index contributed by atoms with van der Waals surface area (Å²) in [6.07, 6.45) is -2.52. The van der Waals surface area contributed by atoms with Crippen LogP contribution in [0.5, 0.6) is 0 Å². The highest BCUT2D eigenvalue weighted by Crippen LogP contribution is 2.44. The van der Waals surface area contributed by atoms with Crippen LogP contribution < -0.4 is 10.6 Å². The first-order valence-corrected chi connectivity index (χ1v) is 11.3. The molecule has 0 bridgehead atoms. The molecule has 3 aromatic rings. The Hall–Kier alpha value is -4.17. The van der Waals surface area contributed by atoms with E-state index in [0.29, 0.717) is 5.56 Å². The molecule has 0 saturated carbocycles. The molecule has 0 aliphatic heterocycles. The molecule has 4 rings (SSSR count). The summed E-state index contributed by atoms with van der Waals surface area (Å²) in [7, 11) is 0. The lowest BCUT2D eigenvalue weighted by molar-refractivity contribution is -0.146. The summed E-state index contributed by atoms with van der Waals surface area (Å²) in [4.78, 5) is 35.9. The minimum Gasteiger partial charge on any atom is -0.479 e. The van der Waals surface area contributed by atoms with E-state index >= 15 is 0 Å². The van der Waals surface area contributed by atoms with Gasteiger partial charge in [-0.3, -0.25) is 4.79 Å². The molecule has 0 aromatic heterocycles. The van der Waals surface area contributed by atoms with Crippen LogP contribution >= 0.6 is 0 Å². The van der Waals surface area contributed by atoms with Gasteiger partial charge in [-0.1, -0.05) is 78.9 Å². The third-order valence-electron chi connectivity index (χ3n) is 6.00. The number of aliphatic hydroxyl groups is 1. The minimum absolute atomic E-state index is 0.0934. The van der Waals surface area contributed by atoms with E-state index in [-0.39, 0.29) is 18.9 Å². The maximum Gasteiger partial charge on any atom is 0.407 e. The Morgan fingerprint density at radius 1 is 0.857 bits per heavy atom. The van der Waals surface area contributed by atoms with Gasteiger partial charge in [0, 0.05) is 5.92 Å². The number of carbonyl (C=O) groups is 3. The van der Waals surface area contributed by atoms with Crippen LogP contribution in [0.3, 0.4) is 0 Å². The van der Waals surface area contributed by atoms with Gasteiger partial charge in [-0.25, -0.2) is 9.59 Å². The molecule has 35 heavy (non-hydrogen) atoms. The quantitative estimate of drug-likeness (QED) is 0.377. The van der Waals surface area contributed by atoms with Gasteiger partial charge < -0.3 is 25.6 Å². The Labute approximate surface area is 202 Å². The van der Waals surface area contributed by atoms with Crippen molar-refractivity contribution in [3.8, 4) is 11.1 Å². The predicted molar refractivity (Wildman–Crippen MR) is 129 cm³/mol.